The summed E-state index contributed by atoms with van der Waals surface area (Å²) in [5, 5.41) is 19.6. The Kier molecular flexibility index (Phi) is 2.92. The molecule has 1 aromatic heterocycles. The Balaban J connectivity index is 2.93. The maximum absolute atomic E-state index is 12.5. The second kappa shape index (κ2) is 3.97. The Labute approximate surface area is 81.3 Å². The Morgan fingerprint density at radius 1 is 1.71 bits per heavy atom. The van der Waals surface area contributed by atoms with Crippen molar-refractivity contribution in [1.29, 1.82) is 0 Å². The van der Waals surface area contributed by atoms with Crippen LogP contribution in [-0.4, -0.2) is 16.0 Å². The highest BCUT2D eigenvalue weighted by molar-refractivity contribution is 7.13. The number of carbonyl (C=O) groups is 1. The third-order valence-corrected chi connectivity index (χ3v) is 2.18. The van der Waals surface area contributed by atoms with Crippen molar-refractivity contribution in [3.63, 3.8) is 0 Å². The van der Waals surface area contributed by atoms with E-state index in [0.29, 0.717) is 0 Å². The maximum Gasteiger partial charge on any atom is 0.364 e. The van der Waals surface area contributed by atoms with Gasteiger partial charge in [-0.1, -0.05) is 11.3 Å². The van der Waals surface area contributed by atoms with Crippen molar-refractivity contribution in [2.24, 2.45) is 0 Å². The summed E-state index contributed by atoms with van der Waals surface area (Å²) in [6, 6.07) is 1.10. The van der Waals surface area contributed by atoms with Crippen LogP contribution in [0.25, 0.3) is 6.08 Å². The monoisotopic (exact) mass is 217 g/mol. The third-order valence-electron chi connectivity index (χ3n) is 1.28. The number of rotatable bonds is 3. The summed E-state index contributed by atoms with van der Waals surface area (Å²) in [4.78, 5) is 19.7. The fraction of sp³-hybridized carbons (Fsp3) is 0. The Morgan fingerprint density at radius 2 is 2.36 bits per heavy atom. The van der Waals surface area contributed by atoms with Crippen LogP contribution in [0.4, 0.5) is 9.39 Å². The first kappa shape index (κ1) is 10.3. The molecule has 0 aromatic carbocycles. The predicted molar refractivity (Wildman–Crippen MR) is 47.7 cm³/mol. The topological polar surface area (TPSA) is 80.4 Å². The second-order valence-corrected chi connectivity index (χ2v) is 3.16. The van der Waals surface area contributed by atoms with Gasteiger partial charge in [-0.3, -0.25) is 10.1 Å². The van der Waals surface area contributed by atoms with Gasteiger partial charge in [-0.15, -0.1) is 0 Å². The fourth-order valence-electron chi connectivity index (χ4n) is 0.719. The Morgan fingerprint density at radius 3 is 2.79 bits per heavy atom. The average molecular weight is 217 g/mol. The number of carboxylic acids is 1. The van der Waals surface area contributed by atoms with Crippen molar-refractivity contribution in [3.05, 3.63) is 33.0 Å². The highest BCUT2D eigenvalue weighted by atomic mass is 32.1. The van der Waals surface area contributed by atoms with Crippen LogP contribution in [0.5, 0.6) is 0 Å². The van der Waals surface area contributed by atoms with Gasteiger partial charge in [0.1, 0.15) is 0 Å². The van der Waals surface area contributed by atoms with E-state index in [-0.39, 0.29) is 10.6 Å². The highest BCUT2D eigenvalue weighted by Gasteiger charge is 2.11. The molecule has 0 amide bonds. The molecule has 0 aliphatic carbocycles. The van der Waals surface area contributed by atoms with Crippen LogP contribution >= 0.6 is 11.3 Å². The highest BCUT2D eigenvalue weighted by Crippen LogP contribution is 2.24. The fourth-order valence-corrected chi connectivity index (χ4v) is 1.40. The van der Waals surface area contributed by atoms with Crippen molar-refractivity contribution >= 4 is 28.4 Å². The zero-order valence-corrected chi connectivity index (χ0v) is 7.45. The largest absolute Gasteiger partial charge is 0.476 e. The molecule has 0 aliphatic heterocycles. The van der Waals surface area contributed by atoms with Gasteiger partial charge in [-0.25, -0.2) is 4.79 Å². The quantitative estimate of drug-likeness (QED) is 0.477. The average Bonchev–Trinajstić information content (AvgIpc) is 2.52. The van der Waals surface area contributed by atoms with Crippen LogP contribution < -0.4 is 0 Å². The van der Waals surface area contributed by atoms with E-state index in [1.807, 2.05) is 0 Å². The SMILES string of the molecule is O=C(O)/C(F)=C/c1csc([N+](=O)[O-])c1. The van der Waals surface area contributed by atoms with Crippen LogP contribution in [0, 0.1) is 10.1 Å². The number of carboxylic acid groups (broad SMARTS) is 1. The van der Waals surface area contributed by atoms with Gasteiger partial charge >= 0.3 is 11.0 Å². The van der Waals surface area contributed by atoms with E-state index in [1.165, 1.54) is 5.38 Å². The molecule has 0 radical (unpaired) electrons. The molecule has 0 saturated carbocycles. The number of aliphatic carboxylic acids is 1. The van der Waals surface area contributed by atoms with Gasteiger partial charge in [-0.2, -0.15) is 4.39 Å². The molecule has 1 N–H and O–H groups in total. The Bertz CT molecular complexity index is 412. The second-order valence-electron chi connectivity index (χ2n) is 2.27. The molecule has 5 nitrogen and oxygen atoms in total. The van der Waals surface area contributed by atoms with Gasteiger partial charge in [0.25, 0.3) is 0 Å². The number of halogens is 1. The van der Waals surface area contributed by atoms with Crippen molar-refractivity contribution in [1.82, 2.24) is 0 Å². The Hall–Kier alpha value is -1.76. The van der Waals surface area contributed by atoms with E-state index in [1.54, 1.807) is 0 Å². The van der Waals surface area contributed by atoms with Gasteiger partial charge in [0.15, 0.2) is 0 Å². The summed E-state index contributed by atoms with van der Waals surface area (Å²) < 4.78 is 12.5. The number of nitro groups is 1. The third kappa shape index (κ3) is 2.36. The minimum absolute atomic E-state index is 0.158. The predicted octanol–water partition coefficient (Wildman–Crippen LogP) is 2.05. The van der Waals surface area contributed by atoms with E-state index >= 15 is 0 Å². The van der Waals surface area contributed by atoms with E-state index in [4.69, 9.17) is 5.11 Å². The summed E-state index contributed by atoms with van der Waals surface area (Å²) in [6.45, 7) is 0. The molecule has 14 heavy (non-hydrogen) atoms. The van der Waals surface area contributed by atoms with E-state index < -0.39 is 16.7 Å². The van der Waals surface area contributed by atoms with E-state index in [0.717, 1.165) is 23.5 Å². The summed E-state index contributed by atoms with van der Waals surface area (Å²) in [5.74, 6) is -3.04. The summed E-state index contributed by atoms with van der Waals surface area (Å²) >= 11 is 0.808. The summed E-state index contributed by atoms with van der Waals surface area (Å²) in [6.07, 6.45) is 0.728. The first-order valence-electron chi connectivity index (χ1n) is 3.34. The molecular formula is C7H4FNO4S. The lowest BCUT2D eigenvalue weighted by Crippen LogP contribution is -1.93. The lowest BCUT2D eigenvalue weighted by atomic mass is 10.3. The first-order valence-corrected chi connectivity index (χ1v) is 4.22. The first-order chi connectivity index (χ1) is 6.50. The van der Waals surface area contributed by atoms with E-state index in [9.17, 15) is 19.3 Å². The minimum Gasteiger partial charge on any atom is -0.476 e. The summed E-state index contributed by atoms with van der Waals surface area (Å²) in [7, 11) is 0. The molecule has 0 aliphatic rings. The summed E-state index contributed by atoms with van der Waals surface area (Å²) in [5.41, 5.74) is 0.168. The van der Waals surface area contributed by atoms with Crippen molar-refractivity contribution in [2.45, 2.75) is 0 Å². The molecular weight excluding hydrogens is 213 g/mol. The smallest absolute Gasteiger partial charge is 0.364 e. The van der Waals surface area contributed by atoms with Gasteiger partial charge in [0.05, 0.1) is 4.92 Å². The molecule has 1 heterocycles. The normalized spacial score (nSPS) is 11.4. The number of nitrogens with zero attached hydrogens (tertiary/aromatic N) is 1. The lowest BCUT2D eigenvalue weighted by Gasteiger charge is -1.85. The van der Waals surface area contributed by atoms with E-state index in [2.05, 4.69) is 0 Å². The van der Waals surface area contributed by atoms with Gasteiger partial charge in [0, 0.05) is 11.4 Å². The minimum atomic E-state index is -1.70. The lowest BCUT2D eigenvalue weighted by molar-refractivity contribution is -0.380. The van der Waals surface area contributed by atoms with Crippen molar-refractivity contribution < 1.29 is 19.2 Å². The van der Waals surface area contributed by atoms with Crippen LogP contribution in [0.1, 0.15) is 5.56 Å². The molecule has 0 unspecified atom stereocenters. The van der Waals surface area contributed by atoms with Crippen LogP contribution in [-0.2, 0) is 4.79 Å². The number of thiophene rings is 1. The molecule has 0 bridgehead atoms. The molecule has 74 valence electrons. The number of hydrogen-bond acceptors (Lipinski definition) is 4. The number of hydrogen-bond donors (Lipinski definition) is 1. The molecule has 0 atom stereocenters. The van der Waals surface area contributed by atoms with Crippen molar-refractivity contribution in [2.75, 3.05) is 0 Å². The van der Waals surface area contributed by atoms with Crippen LogP contribution in [0.2, 0.25) is 0 Å². The molecule has 1 aromatic rings. The van der Waals surface area contributed by atoms with Gasteiger partial charge in [0.2, 0.25) is 5.83 Å². The molecule has 0 fully saturated rings. The van der Waals surface area contributed by atoms with Crippen LogP contribution in [0.3, 0.4) is 0 Å². The van der Waals surface area contributed by atoms with Gasteiger partial charge in [-0.05, 0) is 11.6 Å². The van der Waals surface area contributed by atoms with Crippen molar-refractivity contribution in [3.8, 4) is 0 Å². The maximum atomic E-state index is 12.5. The van der Waals surface area contributed by atoms with Crippen LogP contribution in [0.15, 0.2) is 17.3 Å². The molecule has 0 saturated heterocycles. The zero-order chi connectivity index (χ0) is 10.7. The van der Waals surface area contributed by atoms with Gasteiger partial charge < -0.3 is 5.11 Å². The molecule has 7 heteroatoms. The molecule has 0 spiro atoms. The standard InChI is InChI=1S/C7H4FNO4S/c8-5(7(10)11)1-4-2-6(9(12)13)14-3-4/h1-3H,(H,10,11)/b5-1-. The zero-order valence-electron chi connectivity index (χ0n) is 6.64. The molecule has 1 rings (SSSR count).